The fourth-order valence-electron chi connectivity index (χ4n) is 2.34. The van der Waals surface area contributed by atoms with Crippen LogP contribution < -0.4 is 4.90 Å². The molecule has 7 heteroatoms. The number of anilines is 1. The van der Waals surface area contributed by atoms with Gasteiger partial charge in [0.1, 0.15) is 16.7 Å². The summed E-state index contributed by atoms with van der Waals surface area (Å²) in [4.78, 5) is 14.9. The molecule has 3 aromatic heterocycles. The van der Waals surface area contributed by atoms with E-state index in [4.69, 9.17) is 0 Å². The van der Waals surface area contributed by atoms with E-state index in [1.54, 1.807) is 23.4 Å². The Morgan fingerprint density at radius 3 is 2.67 bits per heavy atom. The number of fused-ring (bicyclic) bond motifs is 1. The Bertz CT molecular complexity index is 770. The van der Waals surface area contributed by atoms with Gasteiger partial charge < -0.3 is 4.90 Å². The van der Waals surface area contributed by atoms with E-state index in [9.17, 15) is 0 Å². The zero-order chi connectivity index (χ0) is 15.0. The van der Waals surface area contributed by atoms with Gasteiger partial charge in [-0.3, -0.25) is 4.98 Å². The lowest BCUT2D eigenvalue weighted by Crippen LogP contribution is -2.23. The van der Waals surface area contributed by atoms with Crippen LogP contribution in [0.3, 0.4) is 0 Å². The molecule has 0 amide bonds. The number of pyridine rings is 1. The molecule has 6 nitrogen and oxygen atoms in total. The normalized spacial score (nSPS) is 12.6. The van der Waals surface area contributed by atoms with Crippen molar-refractivity contribution in [2.24, 2.45) is 7.05 Å². The number of aromatic nitrogens is 5. The molecule has 0 aromatic carbocycles. The second-order valence-corrected chi connectivity index (χ2v) is 5.63. The summed E-state index contributed by atoms with van der Waals surface area (Å²) in [7, 11) is 3.89. The molecule has 3 aromatic rings. The first-order valence-electron chi connectivity index (χ1n) is 6.55. The second-order valence-electron chi connectivity index (χ2n) is 4.88. The highest BCUT2D eigenvalue weighted by molar-refractivity contribution is 9.10. The van der Waals surface area contributed by atoms with Crippen molar-refractivity contribution in [2.75, 3.05) is 11.9 Å². The average molecular weight is 347 g/mol. The molecule has 1 unspecified atom stereocenters. The molecule has 0 bridgehead atoms. The number of aryl methyl sites for hydroxylation is 1. The molecule has 0 radical (unpaired) electrons. The molecule has 0 fully saturated rings. The van der Waals surface area contributed by atoms with Gasteiger partial charge in [0, 0.05) is 26.5 Å². The van der Waals surface area contributed by atoms with Crippen molar-refractivity contribution >= 4 is 32.8 Å². The summed E-state index contributed by atoms with van der Waals surface area (Å²) in [6, 6.07) is 4.19. The lowest BCUT2D eigenvalue weighted by Gasteiger charge is -2.26. The molecule has 0 aliphatic rings. The lowest BCUT2D eigenvalue weighted by molar-refractivity contribution is 0.729. The van der Waals surface area contributed by atoms with Crippen LogP contribution in [0.2, 0.25) is 0 Å². The number of rotatable bonds is 3. The minimum Gasteiger partial charge on any atom is -0.352 e. The fraction of sp³-hybridized carbons (Fsp3) is 0.286. The van der Waals surface area contributed by atoms with Crippen LogP contribution in [0.5, 0.6) is 0 Å². The minimum absolute atomic E-state index is 0.165. The fourth-order valence-corrected chi connectivity index (χ4v) is 2.94. The van der Waals surface area contributed by atoms with E-state index < -0.39 is 0 Å². The molecule has 21 heavy (non-hydrogen) atoms. The monoisotopic (exact) mass is 346 g/mol. The van der Waals surface area contributed by atoms with Crippen molar-refractivity contribution in [3.63, 3.8) is 0 Å². The van der Waals surface area contributed by atoms with Gasteiger partial charge in [0.2, 0.25) is 0 Å². The van der Waals surface area contributed by atoms with Crippen LogP contribution in [0.1, 0.15) is 18.5 Å². The third-order valence-corrected chi connectivity index (χ3v) is 4.22. The smallest absolute Gasteiger partial charge is 0.164 e. The highest BCUT2D eigenvalue weighted by atomic mass is 79.9. The maximum absolute atomic E-state index is 4.44. The van der Waals surface area contributed by atoms with E-state index in [0.717, 1.165) is 21.5 Å². The Labute approximate surface area is 131 Å². The second kappa shape index (κ2) is 5.40. The van der Waals surface area contributed by atoms with Crippen molar-refractivity contribution < 1.29 is 0 Å². The third kappa shape index (κ3) is 2.37. The van der Waals surface area contributed by atoms with Crippen LogP contribution in [0.15, 0.2) is 35.5 Å². The van der Waals surface area contributed by atoms with Gasteiger partial charge in [0.25, 0.3) is 0 Å². The maximum Gasteiger partial charge on any atom is 0.164 e. The first-order valence-corrected chi connectivity index (χ1v) is 7.35. The Morgan fingerprint density at radius 2 is 1.95 bits per heavy atom. The van der Waals surface area contributed by atoms with E-state index in [1.165, 1.54) is 5.56 Å². The van der Waals surface area contributed by atoms with E-state index in [-0.39, 0.29) is 6.04 Å². The number of hydrogen-bond acceptors (Lipinski definition) is 5. The van der Waals surface area contributed by atoms with Gasteiger partial charge >= 0.3 is 0 Å². The molecule has 108 valence electrons. The van der Waals surface area contributed by atoms with Crippen LogP contribution in [0, 0.1) is 0 Å². The molecule has 0 aliphatic carbocycles. The van der Waals surface area contributed by atoms with Gasteiger partial charge in [-0.05, 0) is 40.5 Å². The zero-order valence-corrected chi connectivity index (χ0v) is 13.6. The molecule has 1 atom stereocenters. The van der Waals surface area contributed by atoms with Crippen LogP contribution in [0.25, 0.3) is 11.0 Å². The topological polar surface area (TPSA) is 59.7 Å². The van der Waals surface area contributed by atoms with Crippen LogP contribution >= 0.6 is 15.9 Å². The van der Waals surface area contributed by atoms with Crippen molar-refractivity contribution in [1.29, 1.82) is 0 Å². The van der Waals surface area contributed by atoms with Crippen molar-refractivity contribution in [2.45, 2.75) is 13.0 Å². The number of halogens is 1. The SMILES string of the molecule is CC(c1ccncc1)N(C)c1ncnc2c1c(Br)nn2C. The summed E-state index contributed by atoms with van der Waals surface area (Å²) in [6.07, 6.45) is 5.17. The van der Waals surface area contributed by atoms with Gasteiger partial charge in [-0.15, -0.1) is 0 Å². The summed E-state index contributed by atoms with van der Waals surface area (Å²) >= 11 is 3.49. The largest absolute Gasteiger partial charge is 0.352 e. The predicted molar refractivity (Wildman–Crippen MR) is 85.1 cm³/mol. The van der Waals surface area contributed by atoms with Gasteiger partial charge in [-0.1, -0.05) is 0 Å². The Morgan fingerprint density at radius 1 is 1.24 bits per heavy atom. The van der Waals surface area contributed by atoms with E-state index >= 15 is 0 Å². The van der Waals surface area contributed by atoms with Gasteiger partial charge in [-0.25, -0.2) is 14.6 Å². The summed E-state index contributed by atoms with van der Waals surface area (Å²) in [5.41, 5.74) is 1.99. The summed E-state index contributed by atoms with van der Waals surface area (Å²) in [5, 5.41) is 5.28. The van der Waals surface area contributed by atoms with Gasteiger partial charge in [-0.2, -0.15) is 5.10 Å². The maximum atomic E-state index is 4.44. The number of hydrogen-bond donors (Lipinski definition) is 0. The molecule has 0 spiro atoms. The highest BCUT2D eigenvalue weighted by Crippen LogP contribution is 2.32. The van der Waals surface area contributed by atoms with E-state index in [1.807, 2.05) is 26.2 Å². The molecule has 0 saturated carbocycles. The quantitative estimate of drug-likeness (QED) is 0.729. The molecule has 3 heterocycles. The van der Waals surface area contributed by atoms with Gasteiger partial charge in [0.05, 0.1) is 11.4 Å². The molecule has 3 rings (SSSR count). The average Bonchev–Trinajstić information content (AvgIpc) is 2.82. The summed E-state index contributed by atoms with van der Waals surface area (Å²) in [5.74, 6) is 0.851. The number of nitrogens with zero attached hydrogens (tertiary/aromatic N) is 6. The van der Waals surface area contributed by atoms with Gasteiger partial charge in [0.15, 0.2) is 5.65 Å². The van der Waals surface area contributed by atoms with Crippen molar-refractivity contribution in [3.8, 4) is 0 Å². The molecule has 0 aliphatic heterocycles. The zero-order valence-electron chi connectivity index (χ0n) is 12.0. The Kier molecular flexibility index (Phi) is 3.59. The van der Waals surface area contributed by atoms with Crippen molar-refractivity contribution in [1.82, 2.24) is 24.7 Å². The minimum atomic E-state index is 0.165. The standard InChI is InChI=1S/C14H15BrN6/c1-9(10-4-6-16-7-5-10)20(2)13-11-12(15)19-21(3)14(11)18-8-17-13/h4-9H,1-3H3. The molecular formula is C14H15BrN6. The molecule has 0 N–H and O–H groups in total. The first kappa shape index (κ1) is 13.9. The molecule has 0 saturated heterocycles. The van der Waals surface area contributed by atoms with Crippen LogP contribution in [0.4, 0.5) is 5.82 Å². The van der Waals surface area contributed by atoms with Crippen LogP contribution in [-0.2, 0) is 7.05 Å². The van der Waals surface area contributed by atoms with E-state index in [2.05, 4.69) is 47.8 Å². The Balaban J connectivity index is 2.08. The van der Waals surface area contributed by atoms with E-state index in [0.29, 0.717) is 0 Å². The highest BCUT2D eigenvalue weighted by Gasteiger charge is 2.20. The lowest BCUT2D eigenvalue weighted by atomic mass is 10.1. The molecular weight excluding hydrogens is 332 g/mol. The van der Waals surface area contributed by atoms with Crippen LogP contribution in [-0.4, -0.2) is 31.8 Å². The predicted octanol–water partition coefficient (Wildman–Crippen LogP) is 2.72. The third-order valence-electron chi connectivity index (χ3n) is 3.66. The van der Waals surface area contributed by atoms with Crippen molar-refractivity contribution in [3.05, 3.63) is 41.0 Å². The first-order chi connectivity index (χ1) is 10.1. The Hall–Kier alpha value is -2.02. The summed E-state index contributed by atoms with van der Waals surface area (Å²) in [6.45, 7) is 2.13. The summed E-state index contributed by atoms with van der Waals surface area (Å²) < 4.78 is 2.50.